The molecule has 0 saturated carbocycles. The molecule has 1 aliphatic heterocycles. The summed E-state index contributed by atoms with van der Waals surface area (Å²) in [6.45, 7) is 0. The van der Waals surface area contributed by atoms with Crippen LogP contribution in [-0.4, -0.2) is 13.9 Å². The highest BCUT2D eigenvalue weighted by Gasteiger charge is 2.47. The summed E-state index contributed by atoms with van der Waals surface area (Å²) in [5, 5.41) is 0. The van der Waals surface area contributed by atoms with E-state index in [1.54, 1.807) is 12.1 Å². The molecular weight excluding hydrogens is 310 g/mol. The Morgan fingerprint density at radius 3 is 2.58 bits per heavy atom. The number of hydrogen-bond donors (Lipinski definition) is 0. The predicted octanol–water partition coefficient (Wildman–Crippen LogP) is 1.36. The first kappa shape index (κ1) is 11.0. The molecule has 2 aliphatic rings. The lowest BCUT2D eigenvalue weighted by Gasteiger charge is -2.16. The standard InChI is InChI=1S/C13H10BrN3O2/c14-13-7-6-10(8-13)16-11(18)15(12(19)17(13)16)9-4-2-1-3-5-9/h1-7,10H,8H2. The third kappa shape index (κ3) is 1.24. The summed E-state index contributed by atoms with van der Waals surface area (Å²) in [6.07, 6.45) is 4.62. The van der Waals surface area contributed by atoms with E-state index in [1.807, 2.05) is 30.4 Å². The Bertz CT molecular complexity index is 815. The van der Waals surface area contributed by atoms with Gasteiger partial charge in [-0.05, 0) is 18.2 Å². The van der Waals surface area contributed by atoms with Gasteiger partial charge in [0.25, 0.3) is 0 Å². The molecule has 19 heavy (non-hydrogen) atoms. The van der Waals surface area contributed by atoms with Crippen LogP contribution in [0.25, 0.3) is 5.69 Å². The molecule has 0 radical (unpaired) electrons. The SMILES string of the molecule is O=c1n(-c2ccccc2)c(=O)n2n1C1C=CC2(Br)C1. The molecule has 1 aromatic heterocycles. The number of rotatable bonds is 1. The molecule has 2 heterocycles. The number of nitrogens with zero attached hydrogens (tertiary/aromatic N) is 3. The summed E-state index contributed by atoms with van der Waals surface area (Å²) in [5.74, 6) is 0. The van der Waals surface area contributed by atoms with E-state index in [1.165, 1.54) is 13.9 Å². The van der Waals surface area contributed by atoms with E-state index >= 15 is 0 Å². The fourth-order valence-electron chi connectivity index (χ4n) is 2.90. The van der Waals surface area contributed by atoms with Crippen LogP contribution in [0.3, 0.4) is 0 Å². The van der Waals surface area contributed by atoms with Gasteiger partial charge in [0.05, 0.1) is 11.7 Å². The number of halogens is 1. The molecular formula is C13H10BrN3O2. The fraction of sp³-hybridized carbons (Fsp3) is 0.231. The van der Waals surface area contributed by atoms with Crippen molar-refractivity contribution in [2.45, 2.75) is 16.9 Å². The Kier molecular flexibility index (Phi) is 1.97. The summed E-state index contributed by atoms with van der Waals surface area (Å²) in [4.78, 5) is 25.0. The smallest absolute Gasteiger partial charge is 0.245 e. The van der Waals surface area contributed by atoms with E-state index in [0.29, 0.717) is 12.1 Å². The lowest BCUT2D eigenvalue weighted by Crippen LogP contribution is -2.34. The van der Waals surface area contributed by atoms with E-state index in [-0.39, 0.29) is 17.4 Å². The van der Waals surface area contributed by atoms with Gasteiger partial charge in [0, 0.05) is 6.42 Å². The number of alkyl halides is 1. The Hall–Kier alpha value is -1.82. The van der Waals surface area contributed by atoms with E-state index < -0.39 is 4.45 Å². The van der Waals surface area contributed by atoms with Gasteiger partial charge in [-0.25, -0.2) is 23.5 Å². The summed E-state index contributed by atoms with van der Waals surface area (Å²) in [6, 6.07) is 8.96. The summed E-state index contributed by atoms with van der Waals surface area (Å²) >= 11 is 3.56. The lowest BCUT2D eigenvalue weighted by molar-refractivity contribution is 0.487. The number of fused-ring (bicyclic) bond motifs is 5. The zero-order chi connectivity index (χ0) is 13.2. The van der Waals surface area contributed by atoms with Gasteiger partial charge in [-0.1, -0.05) is 40.2 Å². The molecule has 0 N–H and O–H groups in total. The normalized spacial score (nSPS) is 26.9. The zero-order valence-electron chi connectivity index (χ0n) is 9.86. The van der Waals surface area contributed by atoms with Gasteiger partial charge >= 0.3 is 11.4 Å². The van der Waals surface area contributed by atoms with Crippen molar-refractivity contribution in [3.63, 3.8) is 0 Å². The zero-order valence-corrected chi connectivity index (χ0v) is 11.4. The minimum absolute atomic E-state index is 0.0375. The molecule has 0 spiro atoms. The maximum atomic E-state index is 12.5. The maximum Gasteiger partial charge on any atom is 0.353 e. The van der Waals surface area contributed by atoms with E-state index in [0.717, 1.165) is 0 Å². The predicted molar refractivity (Wildman–Crippen MR) is 74.0 cm³/mol. The molecule has 6 heteroatoms. The second-order valence-electron chi connectivity index (χ2n) is 4.84. The van der Waals surface area contributed by atoms with Crippen molar-refractivity contribution in [3.05, 3.63) is 63.5 Å². The molecule has 2 bridgehead atoms. The van der Waals surface area contributed by atoms with Crippen molar-refractivity contribution < 1.29 is 0 Å². The molecule has 5 nitrogen and oxygen atoms in total. The van der Waals surface area contributed by atoms with Gasteiger partial charge in [0.15, 0.2) is 0 Å². The Morgan fingerprint density at radius 1 is 1.16 bits per heavy atom. The van der Waals surface area contributed by atoms with Crippen LogP contribution >= 0.6 is 15.9 Å². The van der Waals surface area contributed by atoms with E-state index in [4.69, 9.17) is 0 Å². The van der Waals surface area contributed by atoms with Gasteiger partial charge in [-0.2, -0.15) is 0 Å². The van der Waals surface area contributed by atoms with Crippen molar-refractivity contribution in [2.75, 3.05) is 0 Å². The highest BCUT2D eigenvalue weighted by Crippen LogP contribution is 2.45. The van der Waals surface area contributed by atoms with Crippen LogP contribution in [0.1, 0.15) is 12.5 Å². The summed E-state index contributed by atoms with van der Waals surface area (Å²) < 4.78 is 3.71. The number of hydrogen-bond acceptors (Lipinski definition) is 2. The van der Waals surface area contributed by atoms with Crippen LogP contribution in [0.5, 0.6) is 0 Å². The minimum Gasteiger partial charge on any atom is -0.245 e. The van der Waals surface area contributed by atoms with Crippen molar-refractivity contribution in [2.24, 2.45) is 0 Å². The van der Waals surface area contributed by atoms with Crippen LogP contribution in [-0.2, 0) is 4.45 Å². The van der Waals surface area contributed by atoms with E-state index in [2.05, 4.69) is 15.9 Å². The largest absolute Gasteiger partial charge is 0.353 e. The Morgan fingerprint density at radius 2 is 1.89 bits per heavy atom. The monoisotopic (exact) mass is 319 g/mol. The van der Waals surface area contributed by atoms with E-state index in [9.17, 15) is 9.59 Å². The molecule has 0 fully saturated rings. The Balaban J connectivity index is 2.07. The van der Waals surface area contributed by atoms with Gasteiger partial charge in [-0.3, -0.25) is 0 Å². The van der Waals surface area contributed by atoms with Gasteiger partial charge < -0.3 is 0 Å². The average molecular weight is 320 g/mol. The highest BCUT2D eigenvalue weighted by molar-refractivity contribution is 9.09. The fourth-order valence-corrected chi connectivity index (χ4v) is 3.70. The summed E-state index contributed by atoms with van der Waals surface area (Å²) in [5.41, 5.74) is 0.00852. The first-order chi connectivity index (χ1) is 9.12. The van der Waals surface area contributed by atoms with Gasteiger partial charge in [0.2, 0.25) is 0 Å². The Labute approximate surface area is 116 Å². The van der Waals surface area contributed by atoms with Crippen LogP contribution in [0, 0.1) is 0 Å². The van der Waals surface area contributed by atoms with Crippen LogP contribution in [0.2, 0.25) is 0 Å². The second-order valence-corrected chi connectivity index (χ2v) is 6.21. The number of aromatic nitrogens is 3. The van der Waals surface area contributed by atoms with Crippen LogP contribution in [0.4, 0.5) is 0 Å². The highest BCUT2D eigenvalue weighted by atomic mass is 79.9. The van der Waals surface area contributed by atoms with Crippen molar-refractivity contribution in [1.29, 1.82) is 0 Å². The molecule has 0 saturated heterocycles. The number of allylic oxidation sites excluding steroid dienone is 2. The molecule has 2 unspecified atom stereocenters. The first-order valence-corrected chi connectivity index (χ1v) is 6.82. The topological polar surface area (TPSA) is 48.9 Å². The molecule has 4 rings (SSSR count). The van der Waals surface area contributed by atoms with Crippen LogP contribution in [0.15, 0.2) is 52.1 Å². The number of para-hydroxylation sites is 1. The summed E-state index contributed by atoms with van der Waals surface area (Å²) in [7, 11) is 0. The molecule has 2 atom stereocenters. The van der Waals surface area contributed by atoms with Gasteiger partial charge in [-0.15, -0.1) is 0 Å². The van der Waals surface area contributed by atoms with Crippen LogP contribution < -0.4 is 11.4 Å². The number of benzene rings is 1. The average Bonchev–Trinajstić information content (AvgIpc) is 3.00. The second kappa shape index (κ2) is 3.39. The maximum absolute atomic E-state index is 12.5. The minimum atomic E-state index is -0.548. The molecule has 1 aromatic carbocycles. The molecule has 1 aliphatic carbocycles. The third-order valence-corrected chi connectivity index (χ3v) is 4.65. The first-order valence-electron chi connectivity index (χ1n) is 6.02. The molecule has 96 valence electrons. The lowest BCUT2D eigenvalue weighted by atomic mass is 10.2. The van der Waals surface area contributed by atoms with Gasteiger partial charge in [0.1, 0.15) is 4.45 Å². The van der Waals surface area contributed by atoms with Crippen molar-refractivity contribution in [1.82, 2.24) is 13.9 Å². The van der Waals surface area contributed by atoms with Crippen molar-refractivity contribution in [3.8, 4) is 5.69 Å². The molecule has 0 amide bonds. The van der Waals surface area contributed by atoms with Crippen molar-refractivity contribution >= 4 is 15.9 Å². The third-order valence-electron chi connectivity index (χ3n) is 3.73. The molecule has 2 aromatic rings. The quantitative estimate of drug-likeness (QED) is 0.588.